The van der Waals surface area contributed by atoms with E-state index in [1.165, 1.54) is 0 Å². The minimum absolute atomic E-state index is 0.0220. The molecule has 0 nitrogen and oxygen atoms in total. The molecule has 0 fully saturated rings. The third kappa shape index (κ3) is 2.79. The van der Waals surface area contributed by atoms with Gasteiger partial charge in [0.15, 0.2) is 0 Å². The van der Waals surface area contributed by atoms with Gasteiger partial charge in [0.05, 0.1) is 0 Å². The summed E-state index contributed by atoms with van der Waals surface area (Å²) in [5, 5.41) is 0. The first-order valence-corrected chi connectivity index (χ1v) is 3.51. The second kappa shape index (κ2) is 3.79. The summed E-state index contributed by atoms with van der Waals surface area (Å²) in [5.74, 6) is 0. The normalized spacial score (nSPS) is 19.8. The van der Waals surface area contributed by atoms with Gasteiger partial charge in [-0.25, -0.2) is 0 Å². The molecule has 0 amide bonds. The van der Waals surface area contributed by atoms with Gasteiger partial charge in [-0.05, 0) is 0 Å². The quantitative estimate of drug-likeness (QED) is 0.225. The minimum atomic E-state index is -0.286. The molecular formula is C2H5BI-. The molecule has 0 aliphatic heterocycles. The fourth-order valence-corrected chi connectivity index (χ4v) is 0. The Bertz CT molecular complexity index is 23.6. The Hall–Kier alpha value is 0.795. The van der Waals surface area contributed by atoms with E-state index in [-0.39, 0.29) is 25.4 Å². The van der Waals surface area contributed by atoms with E-state index in [0.29, 0.717) is 0 Å². The van der Waals surface area contributed by atoms with E-state index in [1.54, 1.807) is 0 Å². The molecule has 2 heteroatoms. The van der Waals surface area contributed by atoms with Gasteiger partial charge in [0.1, 0.15) is 0 Å². The summed E-state index contributed by atoms with van der Waals surface area (Å²) in [6.45, 7) is 1.81. The van der Waals surface area contributed by atoms with Crippen molar-refractivity contribution in [1.29, 1.82) is 0 Å². The van der Waals surface area contributed by atoms with Crippen molar-refractivity contribution < 1.29 is 22.4 Å². The summed E-state index contributed by atoms with van der Waals surface area (Å²) in [6, 6.07) is 0. The van der Waals surface area contributed by atoms with E-state index in [4.69, 9.17) is 7.07 Å². The first kappa shape index (κ1) is 3.00. The molecule has 0 saturated heterocycles. The molecular weight excluding hydrogens is 162 g/mol. The van der Waals surface area contributed by atoms with Crippen molar-refractivity contribution in [2.24, 2.45) is 0 Å². The molecule has 0 aromatic heterocycles. The second-order valence-corrected chi connectivity index (χ2v) is 2.31. The molecule has 0 rings (SSSR count). The number of halogens is 1. The van der Waals surface area contributed by atoms with E-state index in [2.05, 4.69) is 0 Å². The Labute approximate surface area is 39.8 Å². The summed E-state index contributed by atoms with van der Waals surface area (Å²) in [4.78, 5) is 0. The summed E-state index contributed by atoms with van der Waals surface area (Å²) in [7, 11) is 0. The number of hydrogen-bond acceptors (Lipinski definition) is 0. The van der Waals surface area contributed by atoms with Crippen LogP contribution in [0.3, 0.4) is 0 Å². The van der Waals surface area contributed by atoms with Crippen LogP contribution in [0.2, 0.25) is 0 Å². The number of alkyl halides is 1. The zero-order chi connectivity index (χ0) is 4.28. The predicted molar refractivity (Wildman–Crippen MR) is 16.3 cm³/mol. The van der Waals surface area contributed by atoms with Crippen LogP contribution < -0.4 is 21.0 Å². The first-order valence-electron chi connectivity index (χ1n) is 1.59. The van der Waals surface area contributed by atoms with E-state index in [0.717, 1.165) is 0 Å². The summed E-state index contributed by atoms with van der Waals surface area (Å²) in [5.41, 5.74) is 5.09. The van der Waals surface area contributed by atoms with Gasteiger partial charge >= 0.3 is 39.4 Å². The van der Waals surface area contributed by atoms with Crippen LogP contribution in [0.25, 0.3) is 0 Å². The van der Waals surface area contributed by atoms with Gasteiger partial charge in [-0.3, -0.25) is 0 Å². The molecule has 1 atom stereocenters. The molecule has 0 aromatic rings. The van der Waals surface area contributed by atoms with Crippen molar-refractivity contribution in [2.75, 3.05) is 4.40 Å². The third-order valence-electron chi connectivity index (χ3n) is 0.126. The molecule has 0 spiro atoms. The maximum absolute atomic E-state index is 6.75. The van der Waals surface area contributed by atoms with Crippen molar-refractivity contribution in [3.8, 4) is 0 Å². The molecule has 0 N–H and O–H groups in total. The maximum atomic E-state index is 6.75. The zero-order valence-corrected chi connectivity index (χ0v) is 4.69. The predicted octanol–water partition coefficient (Wildman–Crippen LogP) is -2.82. The average molecular weight is 169 g/mol. The van der Waals surface area contributed by atoms with Crippen LogP contribution in [0, 0.1) is 0 Å². The second-order valence-electron chi connectivity index (χ2n) is 0.344. The summed E-state index contributed by atoms with van der Waals surface area (Å²) < 4.78 is 6.77. The Morgan fingerprint density at radius 3 is 2.75 bits per heavy atom. The van der Waals surface area contributed by atoms with Crippen molar-refractivity contribution in [2.45, 2.75) is 6.92 Å². The van der Waals surface area contributed by atoms with Crippen LogP contribution >= 0.6 is 0 Å². The van der Waals surface area contributed by atoms with Gasteiger partial charge < -0.3 is 0 Å². The topological polar surface area (TPSA) is 0 Å². The molecule has 2 radical (unpaired) electrons. The van der Waals surface area contributed by atoms with E-state index in [9.17, 15) is 0 Å². The molecule has 0 bridgehead atoms. The molecule has 1 unspecified atom stereocenters. The van der Waals surface area contributed by atoms with Crippen LogP contribution in [-0.2, 0) is 0 Å². The van der Waals surface area contributed by atoms with Crippen molar-refractivity contribution in [3.05, 3.63) is 0 Å². The fraction of sp³-hybridized carbons (Fsp3) is 1.00. The Balaban J connectivity index is 2.54. The van der Waals surface area contributed by atoms with Gasteiger partial charge in [0.2, 0.25) is 0 Å². The van der Waals surface area contributed by atoms with Crippen molar-refractivity contribution in [3.63, 3.8) is 0 Å². The molecule has 0 aliphatic carbocycles. The van der Waals surface area contributed by atoms with Gasteiger partial charge in [0, 0.05) is 0 Å². The van der Waals surface area contributed by atoms with E-state index in [1.807, 2.05) is 6.92 Å². The van der Waals surface area contributed by atoms with E-state index < -0.39 is 0 Å². The SMILES string of the molecule is [3H]C(C)[I-][B]. The molecule has 0 aromatic carbocycles. The summed E-state index contributed by atoms with van der Waals surface area (Å²) >= 11 is -0.286. The molecule has 4 heavy (non-hydrogen) atoms. The fourth-order valence-electron chi connectivity index (χ4n) is 0. The van der Waals surface area contributed by atoms with Crippen LogP contribution in [0.1, 0.15) is 8.29 Å². The van der Waals surface area contributed by atoms with E-state index >= 15 is 0 Å². The molecule has 24 valence electrons. The third-order valence-corrected chi connectivity index (χ3v) is 0.845. The van der Waals surface area contributed by atoms with Gasteiger partial charge in [-0.15, -0.1) is 0 Å². The molecule has 0 aliphatic rings. The molecule has 0 saturated carbocycles. The summed E-state index contributed by atoms with van der Waals surface area (Å²) in [6.07, 6.45) is 0. The monoisotopic (exact) mass is 169 g/mol. The Kier molecular flexibility index (Phi) is 2.85. The van der Waals surface area contributed by atoms with Crippen molar-refractivity contribution >= 4 is 5.70 Å². The van der Waals surface area contributed by atoms with Crippen LogP contribution in [-0.4, -0.2) is 10.1 Å². The van der Waals surface area contributed by atoms with Gasteiger partial charge in [-0.2, -0.15) is 0 Å². The standard InChI is InChI=1S/C2H5BI/c1-2-4-3/h2H2,1H3/q-1/i2T. The van der Waals surface area contributed by atoms with Crippen molar-refractivity contribution in [1.82, 2.24) is 0 Å². The van der Waals surface area contributed by atoms with Crippen LogP contribution in [0.5, 0.6) is 0 Å². The van der Waals surface area contributed by atoms with Gasteiger partial charge in [-0.1, -0.05) is 0 Å². The zero-order valence-electron chi connectivity index (χ0n) is 3.53. The Morgan fingerprint density at radius 1 is 2.50 bits per heavy atom. The van der Waals surface area contributed by atoms with Crippen LogP contribution in [0.15, 0.2) is 0 Å². The average Bonchev–Trinajstić information content (AvgIpc) is 1.38. The van der Waals surface area contributed by atoms with Gasteiger partial charge in [0.25, 0.3) is 0 Å². The number of hydrogen-bond donors (Lipinski definition) is 0. The Morgan fingerprint density at radius 2 is 2.75 bits per heavy atom. The molecule has 0 heterocycles. The number of rotatable bonds is 1. The van der Waals surface area contributed by atoms with Crippen LogP contribution in [0.4, 0.5) is 0 Å². The first-order chi connectivity index (χ1) is 2.27.